The number of nitrogens with one attached hydrogen (secondary N) is 2. The highest BCUT2D eigenvalue weighted by Gasteiger charge is 2.55. The summed E-state index contributed by atoms with van der Waals surface area (Å²) in [5.41, 5.74) is -1.01. The zero-order chi connectivity index (χ0) is 23.6. The van der Waals surface area contributed by atoms with E-state index >= 15 is 0 Å². The number of hydrogen-bond donors (Lipinski definition) is 2. The molecular formula is C24H42N2O6. The maximum Gasteiger partial charge on any atom is 0.242 e. The van der Waals surface area contributed by atoms with Crippen LogP contribution in [0.3, 0.4) is 0 Å². The summed E-state index contributed by atoms with van der Waals surface area (Å²) in [5, 5.41) is 5.59. The van der Waals surface area contributed by atoms with Crippen molar-refractivity contribution in [2.75, 3.05) is 19.8 Å². The second-order valence-electron chi connectivity index (χ2n) is 9.54. The van der Waals surface area contributed by atoms with Crippen LogP contribution in [-0.4, -0.2) is 61.4 Å². The van der Waals surface area contributed by atoms with Gasteiger partial charge in [-0.15, -0.1) is 0 Å². The van der Waals surface area contributed by atoms with Gasteiger partial charge in [0.1, 0.15) is 6.04 Å². The predicted molar refractivity (Wildman–Crippen MR) is 121 cm³/mol. The fourth-order valence-electron chi connectivity index (χ4n) is 3.86. The molecule has 0 aliphatic carbocycles. The predicted octanol–water partition coefficient (Wildman–Crippen LogP) is 2.87. The number of ether oxygens (including phenoxy) is 3. The molecule has 2 amide bonds. The summed E-state index contributed by atoms with van der Waals surface area (Å²) < 4.78 is 16.9. The fourth-order valence-corrected chi connectivity index (χ4v) is 3.86. The van der Waals surface area contributed by atoms with E-state index < -0.39 is 17.7 Å². The summed E-state index contributed by atoms with van der Waals surface area (Å²) in [5.74, 6) is -0.476. The van der Waals surface area contributed by atoms with Gasteiger partial charge in [-0.2, -0.15) is 0 Å². The molecule has 184 valence electrons. The average molecular weight is 455 g/mol. The van der Waals surface area contributed by atoms with E-state index in [2.05, 4.69) is 17.6 Å². The molecule has 2 rings (SSSR count). The van der Waals surface area contributed by atoms with Crippen LogP contribution in [0, 0.1) is 5.92 Å². The molecule has 8 heteroatoms. The van der Waals surface area contributed by atoms with Gasteiger partial charge in [0.2, 0.25) is 11.8 Å². The van der Waals surface area contributed by atoms with Gasteiger partial charge >= 0.3 is 0 Å². The van der Waals surface area contributed by atoms with Crippen molar-refractivity contribution in [3.63, 3.8) is 0 Å². The van der Waals surface area contributed by atoms with Gasteiger partial charge < -0.3 is 24.8 Å². The number of epoxide rings is 1. The van der Waals surface area contributed by atoms with E-state index in [0.29, 0.717) is 19.4 Å². The van der Waals surface area contributed by atoms with Crippen LogP contribution in [0.2, 0.25) is 0 Å². The number of Topliss-reactive ketones (excluding diaryl/α,β-unsaturated/α-hetero) is 1. The number of amides is 2. The van der Waals surface area contributed by atoms with Gasteiger partial charge in [0.15, 0.2) is 17.7 Å². The van der Waals surface area contributed by atoms with E-state index in [0.717, 1.165) is 44.9 Å². The molecule has 2 saturated heterocycles. The smallest absolute Gasteiger partial charge is 0.242 e. The molecule has 0 aromatic rings. The van der Waals surface area contributed by atoms with Crippen LogP contribution < -0.4 is 10.6 Å². The van der Waals surface area contributed by atoms with Crippen LogP contribution >= 0.6 is 0 Å². The van der Waals surface area contributed by atoms with Crippen molar-refractivity contribution in [3.8, 4) is 0 Å². The van der Waals surface area contributed by atoms with Crippen LogP contribution in [0.15, 0.2) is 0 Å². The number of rotatable bonds is 15. The molecule has 2 unspecified atom stereocenters. The first-order valence-electron chi connectivity index (χ1n) is 12.3. The zero-order valence-corrected chi connectivity index (χ0v) is 20.2. The van der Waals surface area contributed by atoms with Crippen molar-refractivity contribution in [2.24, 2.45) is 5.92 Å². The van der Waals surface area contributed by atoms with E-state index in [1.165, 1.54) is 0 Å². The molecule has 0 aromatic heterocycles. The molecule has 2 aliphatic heterocycles. The average Bonchev–Trinajstić information content (AvgIpc) is 3.56. The molecule has 2 N–H and O–H groups in total. The fraction of sp³-hybridized carbons (Fsp3) is 0.875. The lowest BCUT2D eigenvalue weighted by Gasteiger charge is -2.27. The van der Waals surface area contributed by atoms with Crippen LogP contribution in [0.1, 0.15) is 85.5 Å². The monoisotopic (exact) mass is 454 g/mol. The summed E-state index contributed by atoms with van der Waals surface area (Å²) >= 11 is 0. The Morgan fingerprint density at radius 3 is 2.44 bits per heavy atom. The number of carbonyl (C=O) groups is 3. The van der Waals surface area contributed by atoms with Gasteiger partial charge in [-0.1, -0.05) is 40.0 Å². The Morgan fingerprint density at radius 2 is 1.84 bits per heavy atom. The first-order valence-corrected chi connectivity index (χ1v) is 12.3. The van der Waals surface area contributed by atoms with Crippen LogP contribution in [0.5, 0.6) is 0 Å². The van der Waals surface area contributed by atoms with Crippen molar-refractivity contribution in [1.82, 2.24) is 10.6 Å². The quantitative estimate of drug-likeness (QED) is 0.291. The molecule has 32 heavy (non-hydrogen) atoms. The van der Waals surface area contributed by atoms with E-state index in [4.69, 9.17) is 14.2 Å². The molecule has 2 heterocycles. The molecule has 0 spiro atoms. The highest BCUT2D eigenvalue weighted by molar-refractivity contribution is 5.98. The first-order chi connectivity index (χ1) is 15.3. The number of ketones is 1. The first kappa shape index (κ1) is 26.7. The summed E-state index contributed by atoms with van der Waals surface area (Å²) in [6.45, 7) is 8.84. The highest BCUT2D eigenvalue weighted by Crippen LogP contribution is 2.32. The maximum atomic E-state index is 13.3. The topological polar surface area (TPSA) is 106 Å². The molecule has 2 fully saturated rings. The molecule has 2 aliphatic rings. The largest absolute Gasteiger partial charge is 0.359 e. The highest BCUT2D eigenvalue weighted by atomic mass is 16.7. The Kier molecular flexibility index (Phi) is 11.1. The Balaban J connectivity index is 1.87. The maximum absolute atomic E-state index is 13.3. The Bertz CT molecular complexity index is 614. The van der Waals surface area contributed by atoms with Gasteiger partial charge in [-0.05, 0) is 44.9 Å². The van der Waals surface area contributed by atoms with E-state index in [1.54, 1.807) is 6.92 Å². The Labute approximate surface area is 192 Å². The lowest BCUT2D eigenvalue weighted by molar-refractivity contribution is -0.173. The SMILES string of the molecule is CCCCCCC(=O)N[C@@H](C)C(=O)NC(CC(C)C)C(=O)[C@@]1(COC2CCCCO2)CO1. The minimum atomic E-state index is -1.01. The summed E-state index contributed by atoms with van der Waals surface area (Å²) in [7, 11) is 0. The lowest BCUT2D eigenvalue weighted by atomic mass is 9.92. The van der Waals surface area contributed by atoms with E-state index in [9.17, 15) is 14.4 Å². The van der Waals surface area contributed by atoms with Crippen molar-refractivity contribution in [2.45, 2.75) is 109 Å². The number of hydrogen-bond acceptors (Lipinski definition) is 6. The summed E-state index contributed by atoms with van der Waals surface area (Å²) in [6, 6.07) is -1.40. The minimum absolute atomic E-state index is 0.130. The summed E-state index contributed by atoms with van der Waals surface area (Å²) in [4.78, 5) is 38.1. The Hall–Kier alpha value is -1.51. The van der Waals surface area contributed by atoms with Gasteiger partial charge in [0, 0.05) is 13.0 Å². The zero-order valence-electron chi connectivity index (χ0n) is 20.2. The lowest BCUT2D eigenvalue weighted by Crippen LogP contribution is -2.54. The van der Waals surface area contributed by atoms with Crippen LogP contribution in [0.4, 0.5) is 0 Å². The van der Waals surface area contributed by atoms with Crippen molar-refractivity contribution in [3.05, 3.63) is 0 Å². The van der Waals surface area contributed by atoms with Gasteiger partial charge in [-0.25, -0.2) is 0 Å². The normalized spacial score (nSPS) is 24.6. The van der Waals surface area contributed by atoms with Gasteiger partial charge in [-0.3, -0.25) is 14.4 Å². The molecule has 0 aromatic carbocycles. The standard InChI is InChI=1S/C24H42N2O6/c1-5-6-7-8-11-20(27)25-18(4)23(29)26-19(14-17(2)3)22(28)24(16-32-24)15-31-21-12-9-10-13-30-21/h17-19,21H,5-16H2,1-4H3,(H,25,27)(H,26,29)/t18-,19?,21?,24+/m0/s1. The second-order valence-corrected chi connectivity index (χ2v) is 9.54. The van der Waals surface area contributed by atoms with Crippen LogP contribution in [0.25, 0.3) is 0 Å². The molecule has 8 nitrogen and oxygen atoms in total. The van der Waals surface area contributed by atoms with Gasteiger partial charge in [0.05, 0.1) is 19.3 Å². The third-order valence-corrected chi connectivity index (χ3v) is 5.95. The van der Waals surface area contributed by atoms with E-state index in [-0.39, 0.29) is 43.0 Å². The minimum Gasteiger partial charge on any atom is -0.359 e. The molecule has 0 saturated carbocycles. The second kappa shape index (κ2) is 13.3. The number of unbranched alkanes of at least 4 members (excludes halogenated alkanes) is 3. The third-order valence-electron chi connectivity index (χ3n) is 5.95. The molecular weight excluding hydrogens is 412 g/mol. The third kappa shape index (κ3) is 8.79. The van der Waals surface area contributed by atoms with Crippen molar-refractivity contribution >= 4 is 17.6 Å². The van der Waals surface area contributed by atoms with E-state index in [1.807, 2.05) is 13.8 Å². The summed E-state index contributed by atoms with van der Waals surface area (Å²) in [6.07, 6.45) is 7.50. The van der Waals surface area contributed by atoms with Gasteiger partial charge in [0.25, 0.3) is 0 Å². The van der Waals surface area contributed by atoms with Crippen molar-refractivity contribution in [1.29, 1.82) is 0 Å². The van der Waals surface area contributed by atoms with Crippen molar-refractivity contribution < 1.29 is 28.6 Å². The molecule has 0 bridgehead atoms. The number of carbonyl (C=O) groups excluding carboxylic acids is 3. The molecule has 0 radical (unpaired) electrons. The Morgan fingerprint density at radius 1 is 1.09 bits per heavy atom. The molecule has 4 atom stereocenters. The van der Waals surface area contributed by atoms with Crippen LogP contribution in [-0.2, 0) is 28.6 Å².